The third kappa shape index (κ3) is 6.63. The van der Waals surface area contributed by atoms with Crippen molar-refractivity contribution in [1.82, 2.24) is 14.9 Å². The highest BCUT2D eigenvalue weighted by atomic mass is 16.7. The predicted octanol–water partition coefficient (Wildman–Crippen LogP) is 3.68. The monoisotopic (exact) mass is 415 g/mol. The van der Waals surface area contributed by atoms with E-state index in [1.807, 2.05) is 12.0 Å². The van der Waals surface area contributed by atoms with E-state index in [-0.39, 0.29) is 18.6 Å². The normalized spacial score (nSPS) is 23.5. The van der Waals surface area contributed by atoms with Gasteiger partial charge in [0.25, 0.3) is 0 Å². The van der Waals surface area contributed by atoms with Crippen molar-refractivity contribution in [1.29, 1.82) is 0 Å². The Morgan fingerprint density at radius 1 is 1.17 bits per heavy atom. The molecule has 2 aliphatic rings. The lowest BCUT2D eigenvalue weighted by Crippen LogP contribution is -2.40. The summed E-state index contributed by atoms with van der Waals surface area (Å²) < 4.78 is 0. The van der Waals surface area contributed by atoms with Crippen LogP contribution < -0.4 is 0 Å². The maximum Gasteiger partial charge on any atom is 0.110 e. The van der Waals surface area contributed by atoms with E-state index in [9.17, 15) is 5.11 Å². The third-order valence-electron chi connectivity index (χ3n) is 6.61. The smallest absolute Gasteiger partial charge is 0.110 e. The van der Waals surface area contributed by atoms with Gasteiger partial charge in [-0.1, -0.05) is 55.7 Å². The van der Waals surface area contributed by atoms with Crippen LogP contribution in [0.5, 0.6) is 0 Å². The van der Waals surface area contributed by atoms with Gasteiger partial charge < -0.3 is 10.0 Å². The molecule has 0 bridgehead atoms. The second kappa shape index (κ2) is 11.4. The number of hydroxylamine groups is 2. The van der Waals surface area contributed by atoms with Crippen molar-refractivity contribution in [3.63, 3.8) is 0 Å². The Hall–Kier alpha value is -1.24. The summed E-state index contributed by atoms with van der Waals surface area (Å²) in [5.41, 5.74) is 3.73. The number of rotatable bonds is 10. The first kappa shape index (κ1) is 23.4. The Labute approximate surface area is 183 Å². The van der Waals surface area contributed by atoms with Gasteiger partial charge in [-0.15, -0.1) is 0 Å². The molecule has 0 radical (unpaired) electrons. The largest absolute Gasteiger partial charge is 0.394 e. The van der Waals surface area contributed by atoms with Crippen LogP contribution in [-0.2, 0) is 17.9 Å². The van der Waals surface area contributed by atoms with Crippen LogP contribution in [0.2, 0.25) is 0 Å². The molecule has 0 amide bonds. The van der Waals surface area contributed by atoms with Crippen LogP contribution in [0.25, 0.3) is 0 Å². The van der Waals surface area contributed by atoms with Gasteiger partial charge in [-0.25, -0.2) is 0 Å². The summed E-state index contributed by atoms with van der Waals surface area (Å²) in [6.07, 6.45) is 6.62. The van der Waals surface area contributed by atoms with Gasteiger partial charge in [0.2, 0.25) is 0 Å². The minimum atomic E-state index is -0.168. The highest BCUT2D eigenvalue weighted by Gasteiger charge is 2.34. The Bertz CT molecular complexity index is 672. The summed E-state index contributed by atoms with van der Waals surface area (Å²) in [5.74, 6) is 0.200. The fourth-order valence-corrected chi connectivity index (χ4v) is 4.81. The lowest BCUT2D eigenvalue weighted by atomic mass is 9.93. The molecule has 1 N–H and O–H groups in total. The third-order valence-corrected chi connectivity index (χ3v) is 6.61. The van der Waals surface area contributed by atoms with Gasteiger partial charge in [-0.2, -0.15) is 5.06 Å². The van der Waals surface area contributed by atoms with E-state index in [4.69, 9.17) is 4.84 Å². The van der Waals surface area contributed by atoms with E-state index in [0.717, 1.165) is 38.3 Å². The van der Waals surface area contributed by atoms with Crippen molar-refractivity contribution in [2.75, 3.05) is 40.3 Å². The molecule has 2 atom stereocenters. The minimum Gasteiger partial charge on any atom is -0.394 e. The van der Waals surface area contributed by atoms with Crippen molar-refractivity contribution in [2.24, 2.45) is 5.92 Å². The molecular weight excluding hydrogens is 374 g/mol. The van der Waals surface area contributed by atoms with Gasteiger partial charge in [-0.3, -0.25) is 9.74 Å². The van der Waals surface area contributed by atoms with Crippen LogP contribution in [0.3, 0.4) is 0 Å². The van der Waals surface area contributed by atoms with Crippen LogP contribution in [-0.4, -0.2) is 72.5 Å². The summed E-state index contributed by atoms with van der Waals surface area (Å²) in [4.78, 5) is 11.0. The van der Waals surface area contributed by atoms with Gasteiger partial charge in [0.1, 0.15) is 6.10 Å². The van der Waals surface area contributed by atoms with Gasteiger partial charge in [0.05, 0.1) is 6.61 Å². The van der Waals surface area contributed by atoms with Crippen LogP contribution in [0, 0.1) is 5.92 Å². The molecule has 0 spiro atoms. The fourth-order valence-electron chi connectivity index (χ4n) is 4.81. The fraction of sp³-hybridized carbons (Fsp3) is 0.680. The minimum absolute atomic E-state index is 0.0380. The van der Waals surface area contributed by atoms with Crippen molar-refractivity contribution in [3.05, 3.63) is 47.5 Å². The molecule has 0 unspecified atom stereocenters. The molecule has 5 heteroatoms. The summed E-state index contributed by atoms with van der Waals surface area (Å²) >= 11 is 0. The van der Waals surface area contributed by atoms with Crippen LogP contribution in [0.1, 0.15) is 50.2 Å². The molecule has 1 heterocycles. The second-order valence-corrected chi connectivity index (χ2v) is 9.49. The van der Waals surface area contributed by atoms with Crippen molar-refractivity contribution < 1.29 is 9.94 Å². The van der Waals surface area contributed by atoms with Crippen molar-refractivity contribution in [3.8, 4) is 0 Å². The predicted molar refractivity (Wildman–Crippen MR) is 123 cm³/mol. The first-order valence-corrected chi connectivity index (χ1v) is 11.6. The van der Waals surface area contributed by atoms with E-state index in [2.05, 4.69) is 54.7 Å². The van der Waals surface area contributed by atoms with E-state index >= 15 is 0 Å². The quantitative estimate of drug-likeness (QED) is 0.590. The molecule has 1 aromatic rings. The van der Waals surface area contributed by atoms with Gasteiger partial charge in [0.15, 0.2) is 0 Å². The molecule has 1 saturated carbocycles. The van der Waals surface area contributed by atoms with Crippen LogP contribution in [0.15, 0.2) is 36.4 Å². The Kier molecular flexibility index (Phi) is 8.90. The molecule has 0 aromatic heterocycles. The molecule has 1 aromatic carbocycles. The Morgan fingerprint density at radius 2 is 1.90 bits per heavy atom. The number of aliphatic hydroxyl groups is 1. The van der Waals surface area contributed by atoms with E-state index in [1.54, 1.807) is 0 Å². The molecule has 1 aliphatic carbocycles. The summed E-state index contributed by atoms with van der Waals surface area (Å²) in [6.45, 7) is 10.9. The number of nitrogens with zero attached hydrogens (tertiary/aromatic N) is 3. The molecule has 1 saturated heterocycles. The molecule has 5 nitrogen and oxygen atoms in total. The van der Waals surface area contributed by atoms with Crippen molar-refractivity contribution >= 4 is 0 Å². The zero-order chi connectivity index (χ0) is 21.5. The van der Waals surface area contributed by atoms with Gasteiger partial charge >= 0.3 is 0 Å². The van der Waals surface area contributed by atoms with Crippen LogP contribution in [0.4, 0.5) is 0 Å². The van der Waals surface area contributed by atoms with Crippen molar-refractivity contribution in [2.45, 2.75) is 64.3 Å². The molecular formula is C25H41N3O2. The lowest BCUT2D eigenvalue weighted by Gasteiger charge is -2.35. The molecule has 3 rings (SSSR count). The average Bonchev–Trinajstić information content (AvgIpc) is 3.15. The SMILES string of the molecule is C=C(C)[C@H]1CN(Cc2cccc(CN(CCN(C)C)C3CCCCC3)c2)O[C@H]1CO. The molecule has 2 fully saturated rings. The van der Waals surface area contributed by atoms with Crippen LogP contribution >= 0.6 is 0 Å². The molecule has 168 valence electrons. The topological polar surface area (TPSA) is 39.2 Å². The van der Waals surface area contributed by atoms with E-state index < -0.39 is 0 Å². The number of hydrogen-bond donors (Lipinski definition) is 1. The highest BCUT2D eigenvalue weighted by Crippen LogP contribution is 2.28. The maximum atomic E-state index is 9.62. The van der Waals surface area contributed by atoms with Gasteiger partial charge in [0, 0.05) is 44.7 Å². The molecule has 30 heavy (non-hydrogen) atoms. The standard InChI is InChI=1S/C25H41N3O2/c1-20(2)24-18-28(30-25(24)19-29)17-22-10-8-9-21(15-22)16-27(14-13-26(3)4)23-11-6-5-7-12-23/h8-10,15,23-25,29H,1,5-7,11-14,16-19H2,2-4H3/t24-,25+/m1/s1. The number of hydrogen-bond acceptors (Lipinski definition) is 5. The average molecular weight is 416 g/mol. The zero-order valence-electron chi connectivity index (χ0n) is 19.2. The highest BCUT2D eigenvalue weighted by molar-refractivity contribution is 5.23. The van der Waals surface area contributed by atoms with Gasteiger partial charge in [-0.05, 0) is 45.0 Å². The summed E-state index contributed by atoms with van der Waals surface area (Å²) in [5, 5.41) is 11.6. The van der Waals surface area contributed by atoms with E-state index in [0.29, 0.717) is 6.04 Å². The lowest BCUT2D eigenvalue weighted by molar-refractivity contribution is -0.162. The maximum absolute atomic E-state index is 9.62. The molecule has 1 aliphatic heterocycles. The Morgan fingerprint density at radius 3 is 2.53 bits per heavy atom. The second-order valence-electron chi connectivity index (χ2n) is 9.49. The van der Waals surface area contributed by atoms with E-state index in [1.165, 1.54) is 43.2 Å². The number of aliphatic hydroxyl groups excluding tert-OH is 1. The zero-order valence-corrected chi connectivity index (χ0v) is 19.2. The summed E-state index contributed by atoms with van der Waals surface area (Å²) in [7, 11) is 4.32. The first-order chi connectivity index (χ1) is 14.5. The number of likely N-dealkylation sites (N-methyl/N-ethyl adjacent to an activating group) is 1. The first-order valence-electron chi connectivity index (χ1n) is 11.6. The Balaban J connectivity index is 1.63. The summed E-state index contributed by atoms with van der Waals surface area (Å²) in [6, 6.07) is 9.65. The number of benzene rings is 1.